The van der Waals surface area contributed by atoms with Gasteiger partial charge in [-0.1, -0.05) is 42.5 Å². The quantitative estimate of drug-likeness (QED) is 0.388. The molecule has 0 bridgehead atoms. The normalized spacial score (nSPS) is 11.7. The van der Waals surface area contributed by atoms with Crippen molar-refractivity contribution in [3.63, 3.8) is 0 Å². The Balaban J connectivity index is 1.67. The SMILES string of the molecule is COc1ccc(CCc2ccccc2OCC(CN(C)C)OC(=O)c2ccccc2C(=O)O)cc1. The van der Waals surface area contributed by atoms with E-state index in [0.29, 0.717) is 6.54 Å². The van der Waals surface area contributed by atoms with Gasteiger partial charge in [0.2, 0.25) is 0 Å². The van der Waals surface area contributed by atoms with Crippen molar-refractivity contribution in [2.45, 2.75) is 18.9 Å². The first-order valence-corrected chi connectivity index (χ1v) is 11.4. The monoisotopic (exact) mass is 477 g/mol. The Morgan fingerprint density at radius 2 is 1.54 bits per heavy atom. The molecule has 0 saturated carbocycles. The predicted molar refractivity (Wildman–Crippen MR) is 133 cm³/mol. The summed E-state index contributed by atoms with van der Waals surface area (Å²) in [5.74, 6) is -0.313. The highest BCUT2D eigenvalue weighted by molar-refractivity contribution is 6.02. The fourth-order valence-corrected chi connectivity index (χ4v) is 3.70. The van der Waals surface area contributed by atoms with E-state index in [1.165, 1.54) is 17.7 Å². The smallest absolute Gasteiger partial charge is 0.339 e. The summed E-state index contributed by atoms with van der Waals surface area (Å²) in [5, 5.41) is 9.39. The first-order chi connectivity index (χ1) is 16.9. The molecule has 0 amide bonds. The largest absolute Gasteiger partial charge is 0.497 e. The molecular formula is C28H31NO6. The lowest BCUT2D eigenvalue weighted by molar-refractivity contribution is 0.00996. The topological polar surface area (TPSA) is 85.3 Å². The van der Waals surface area contributed by atoms with Crippen LogP contribution in [-0.4, -0.2) is 62.4 Å². The second kappa shape index (κ2) is 12.6. The molecule has 0 aliphatic heterocycles. The minimum absolute atomic E-state index is 0.0173. The molecule has 0 aliphatic rings. The van der Waals surface area contributed by atoms with Gasteiger partial charge < -0.3 is 24.2 Å². The van der Waals surface area contributed by atoms with E-state index < -0.39 is 18.0 Å². The average Bonchev–Trinajstić information content (AvgIpc) is 2.86. The molecule has 7 heteroatoms. The van der Waals surface area contributed by atoms with Crippen molar-refractivity contribution in [3.8, 4) is 11.5 Å². The van der Waals surface area contributed by atoms with Crippen LogP contribution in [0.15, 0.2) is 72.8 Å². The Bertz CT molecular complexity index is 1130. The summed E-state index contributed by atoms with van der Waals surface area (Å²) in [5.41, 5.74) is 2.17. The number of ether oxygens (including phenoxy) is 3. The summed E-state index contributed by atoms with van der Waals surface area (Å²) in [7, 11) is 5.39. The number of carboxylic acids is 1. The van der Waals surface area contributed by atoms with Crippen molar-refractivity contribution in [1.82, 2.24) is 4.90 Å². The maximum Gasteiger partial charge on any atom is 0.339 e. The lowest BCUT2D eigenvalue weighted by atomic mass is 10.0. The van der Waals surface area contributed by atoms with E-state index in [-0.39, 0.29) is 17.7 Å². The standard InChI is InChI=1S/C28H31NO6/c1-29(2)18-23(35-28(32)25-10-6-5-9-24(25)27(30)31)19-34-26-11-7-4-8-21(26)15-12-20-13-16-22(33-3)17-14-20/h4-11,13-14,16-17,23H,12,15,18-19H2,1-3H3,(H,30,31). The number of aromatic carboxylic acids is 1. The molecule has 3 rings (SSSR count). The van der Waals surface area contributed by atoms with Gasteiger partial charge in [0.25, 0.3) is 0 Å². The van der Waals surface area contributed by atoms with Crippen molar-refractivity contribution < 1.29 is 28.9 Å². The highest BCUT2D eigenvalue weighted by Gasteiger charge is 2.22. The molecular weight excluding hydrogens is 446 g/mol. The summed E-state index contributed by atoms with van der Waals surface area (Å²) in [6, 6.07) is 21.8. The molecule has 3 aromatic carbocycles. The number of methoxy groups -OCH3 is 1. The minimum Gasteiger partial charge on any atom is -0.497 e. The van der Waals surface area contributed by atoms with E-state index in [2.05, 4.69) is 0 Å². The summed E-state index contributed by atoms with van der Waals surface area (Å²) >= 11 is 0. The molecule has 0 aliphatic carbocycles. The van der Waals surface area contributed by atoms with Crippen LogP contribution in [0, 0.1) is 0 Å². The molecule has 1 atom stereocenters. The molecule has 0 heterocycles. The molecule has 0 spiro atoms. The number of hydrogen-bond donors (Lipinski definition) is 1. The maximum atomic E-state index is 12.8. The lowest BCUT2D eigenvalue weighted by Crippen LogP contribution is -2.35. The number of carbonyl (C=O) groups is 2. The molecule has 1 unspecified atom stereocenters. The zero-order valence-corrected chi connectivity index (χ0v) is 20.3. The summed E-state index contributed by atoms with van der Waals surface area (Å²) < 4.78 is 17.0. The molecule has 7 nitrogen and oxygen atoms in total. The third-order valence-corrected chi connectivity index (χ3v) is 5.46. The molecule has 184 valence electrons. The first-order valence-electron chi connectivity index (χ1n) is 11.4. The molecule has 0 fully saturated rings. The highest BCUT2D eigenvalue weighted by atomic mass is 16.6. The van der Waals surface area contributed by atoms with E-state index in [1.54, 1.807) is 19.2 Å². The van der Waals surface area contributed by atoms with E-state index >= 15 is 0 Å². The lowest BCUT2D eigenvalue weighted by Gasteiger charge is -2.23. The van der Waals surface area contributed by atoms with Crippen LogP contribution in [0.4, 0.5) is 0 Å². The van der Waals surface area contributed by atoms with Crippen LogP contribution in [0.25, 0.3) is 0 Å². The van der Waals surface area contributed by atoms with Crippen molar-refractivity contribution in [3.05, 3.63) is 95.1 Å². The van der Waals surface area contributed by atoms with Gasteiger partial charge in [-0.3, -0.25) is 0 Å². The van der Waals surface area contributed by atoms with Crippen LogP contribution < -0.4 is 9.47 Å². The van der Waals surface area contributed by atoms with Gasteiger partial charge in [0.15, 0.2) is 0 Å². The van der Waals surface area contributed by atoms with Gasteiger partial charge in [0.05, 0.1) is 18.2 Å². The van der Waals surface area contributed by atoms with Crippen molar-refractivity contribution >= 4 is 11.9 Å². The Labute approximate surface area is 205 Å². The van der Waals surface area contributed by atoms with E-state index in [1.807, 2.05) is 67.5 Å². The second-order valence-corrected chi connectivity index (χ2v) is 8.41. The van der Waals surface area contributed by atoms with Crippen LogP contribution in [0.3, 0.4) is 0 Å². The van der Waals surface area contributed by atoms with Crippen molar-refractivity contribution in [2.24, 2.45) is 0 Å². The molecule has 3 aromatic rings. The Morgan fingerprint density at radius 3 is 2.20 bits per heavy atom. The minimum atomic E-state index is -1.18. The zero-order valence-electron chi connectivity index (χ0n) is 20.3. The van der Waals surface area contributed by atoms with Gasteiger partial charge in [0, 0.05) is 6.54 Å². The van der Waals surface area contributed by atoms with Gasteiger partial charge >= 0.3 is 11.9 Å². The van der Waals surface area contributed by atoms with Crippen LogP contribution in [-0.2, 0) is 17.6 Å². The number of para-hydroxylation sites is 1. The van der Waals surface area contributed by atoms with Crippen molar-refractivity contribution in [1.29, 1.82) is 0 Å². The average molecular weight is 478 g/mol. The number of carboxylic acid groups (broad SMARTS) is 1. The number of benzene rings is 3. The number of hydrogen-bond acceptors (Lipinski definition) is 6. The third-order valence-electron chi connectivity index (χ3n) is 5.46. The van der Waals surface area contributed by atoms with Gasteiger partial charge in [-0.25, -0.2) is 9.59 Å². The van der Waals surface area contributed by atoms with Crippen LogP contribution in [0.5, 0.6) is 11.5 Å². The molecule has 1 N–H and O–H groups in total. The summed E-state index contributed by atoms with van der Waals surface area (Å²) in [6.07, 6.45) is 1.04. The second-order valence-electron chi connectivity index (χ2n) is 8.41. The predicted octanol–water partition coefficient (Wildman–Crippen LogP) is 4.34. The summed E-state index contributed by atoms with van der Waals surface area (Å²) in [4.78, 5) is 26.2. The van der Waals surface area contributed by atoms with Gasteiger partial charge in [0.1, 0.15) is 24.2 Å². The number of nitrogens with zero attached hydrogens (tertiary/aromatic N) is 1. The number of aryl methyl sites for hydroxylation is 2. The van der Waals surface area contributed by atoms with Crippen LogP contribution in [0.2, 0.25) is 0 Å². The molecule has 0 aromatic heterocycles. The zero-order chi connectivity index (χ0) is 25.2. The molecule has 35 heavy (non-hydrogen) atoms. The van der Waals surface area contributed by atoms with Gasteiger partial charge in [-0.2, -0.15) is 0 Å². The van der Waals surface area contributed by atoms with Gasteiger partial charge in [-0.05, 0) is 68.4 Å². The van der Waals surface area contributed by atoms with Crippen LogP contribution >= 0.6 is 0 Å². The van der Waals surface area contributed by atoms with Crippen LogP contribution in [0.1, 0.15) is 31.8 Å². The third kappa shape index (κ3) is 7.58. The molecule has 0 saturated heterocycles. The number of carbonyl (C=O) groups excluding carboxylic acids is 1. The molecule has 0 radical (unpaired) electrons. The maximum absolute atomic E-state index is 12.8. The first kappa shape index (κ1) is 25.8. The Hall–Kier alpha value is -3.84. The van der Waals surface area contributed by atoms with Gasteiger partial charge in [-0.15, -0.1) is 0 Å². The Kier molecular flexibility index (Phi) is 9.26. The highest BCUT2D eigenvalue weighted by Crippen LogP contribution is 2.22. The summed E-state index contributed by atoms with van der Waals surface area (Å²) in [6.45, 7) is 0.563. The van der Waals surface area contributed by atoms with Crippen molar-refractivity contribution in [2.75, 3.05) is 34.4 Å². The fourth-order valence-electron chi connectivity index (χ4n) is 3.70. The van der Waals surface area contributed by atoms with E-state index in [0.717, 1.165) is 29.9 Å². The number of rotatable bonds is 12. The number of esters is 1. The Morgan fingerprint density at radius 1 is 0.886 bits per heavy atom. The fraction of sp³-hybridized carbons (Fsp3) is 0.286. The van der Waals surface area contributed by atoms with E-state index in [9.17, 15) is 14.7 Å². The van der Waals surface area contributed by atoms with E-state index in [4.69, 9.17) is 14.2 Å². The number of likely N-dealkylation sites (N-methyl/N-ethyl adjacent to an activating group) is 1.